The van der Waals surface area contributed by atoms with E-state index >= 15 is 0 Å². The van der Waals surface area contributed by atoms with Crippen LogP contribution in [-0.2, 0) is 13.0 Å². The molecule has 0 bridgehead atoms. The number of nitrogens with one attached hydrogen (secondary N) is 1. The van der Waals surface area contributed by atoms with E-state index in [1.807, 2.05) is 0 Å². The van der Waals surface area contributed by atoms with E-state index in [-0.39, 0.29) is 5.84 Å². The average Bonchev–Trinajstić information content (AvgIpc) is 2.84. The van der Waals surface area contributed by atoms with Crippen molar-refractivity contribution in [2.45, 2.75) is 20.0 Å². The summed E-state index contributed by atoms with van der Waals surface area (Å²) in [6, 6.07) is 9.36. The molecular weight excluding hydrogens is 280 g/mol. The topological polar surface area (TPSA) is 59.1 Å². The summed E-state index contributed by atoms with van der Waals surface area (Å²) in [5.41, 5.74) is 5.93. The van der Waals surface area contributed by atoms with Crippen molar-refractivity contribution in [2.75, 3.05) is 0 Å². The molecule has 1 aromatic heterocycles. The number of aryl methyl sites for hydroxylation is 1. The minimum absolute atomic E-state index is 0.0394. The highest BCUT2D eigenvalue weighted by Gasteiger charge is 2.06. The summed E-state index contributed by atoms with van der Waals surface area (Å²) in [6.07, 6.45) is 1.05. The monoisotopic (exact) mass is 294 g/mol. The third kappa shape index (κ3) is 3.49. The first-order valence-electron chi connectivity index (χ1n) is 5.94. The Morgan fingerprint density at radius 3 is 2.63 bits per heavy atom. The molecule has 0 saturated heterocycles. The molecule has 2 rings (SSSR count). The van der Waals surface area contributed by atoms with Gasteiger partial charge in [0.05, 0.1) is 5.02 Å². The van der Waals surface area contributed by atoms with Crippen molar-refractivity contribution in [3.05, 3.63) is 50.7 Å². The van der Waals surface area contributed by atoms with E-state index in [9.17, 15) is 0 Å². The van der Waals surface area contributed by atoms with Crippen LogP contribution in [0.1, 0.15) is 22.2 Å². The third-order valence-electron chi connectivity index (χ3n) is 2.68. The molecule has 0 radical (unpaired) electrons. The Morgan fingerprint density at radius 1 is 1.32 bits per heavy atom. The standard InChI is InChI=1S/C14H15ClN2OS/c1-2-10-4-5-11(19-10)8-18-9-3-6-12(14(16)17)13(15)7-9/h3-7H,2,8H2,1H3,(H3,16,17). The summed E-state index contributed by atoms with van der Waals surface area (Å²) in [5, 5.41) is 7.80. The third-order valence-corrected chi connectivity index (χ3v) is 4.19. The quantitative estimate of drug-likeness (QED) is 0.650. The van der Waals surface area contributed by atoms with Gasteiger partial charge in [0.15, 0.2) is 0 Å². The minimum atomic E-state index is -0.0394. The Morgan fingerprint density at radius 2 is 2.05 bits per heavy atom. The van der Waals surface area contributed by atoms with Gasteiger partial charge in [0.25, 0.3) is 0 Å². The second-order valence-electron chi connectivity index (χ2n) is 4.07. The number of amidine groups is 1. The molecule has 1 heterocycles. The van der Waals surface area contributed by atoms with Gasteiger partial charge in [0, 0.05) is 15.3 Å². The summed E-state index contributed by atoms with van der Waals surface area (Å²) in [6.45, 7) is 2.66. The molecule has 2 aromatic rings. The fraction of sp³-hybridized carbons (Fsp3) is 0.214. The molecule has 0 aliphatic heterocycles. The van der Waals surface area contributed by atoms with Crippen molar-refractivity contribution in [1.82, 2.24) is 0 Å². The predicted molar refractivity (Wildman–Crippen MR) is 80.5 cm³/mol. The van der Waals surface area contributed by atoms with Crippen molar-refractivity contribution < 1.29 is 4.74 Å². The lowest BCUT2D eigenvalue weighted by Gasteiger charge is -2.07. The number of hydrogen-bond donors (Lipinski definition) is 2. The summed E-state index contributed by atoms with van der Waals surface area (Å²) in [7, 11) is 0. The van der Waals surface area contributed by atoms with Crippen LogP contribution in [-0.4, -0.2) is 5.84 Å². The van der Waals surface area contributed by atoms with Crippen LogP contribution >= 0.6 is 22.9 Å². The van der Waals surface area contributed by atoms with Gasteiger partial charge in [-0.25, -0.2) is 0 Å². The minimum Gasteiger partial charge on any atom is -0.488 e. The van der Waals surface area contributed by atoms with E-state index in [1.165, 1.54) is 9.75 Å². The number of ether oxygens (including phenoxy) is 1. The van der Waals surface area contributed by atoms with Crippen molar-refractivity contribution in [2.24, 2.45) is 5.73 Å². The number of halogens is 1. The molecule has 0 atom stereocenters. The fourth-order valence-electron chi connectivity index (χ4n) is 1.65. The number of nitrogen functional groups attached to an aromatic ring is 1. The average molecular weight is 295 g/mol. The van der Waals surface area contributed by atoms with E-state index in [4.69, 9.17) is 27.5 Å². The Labute approximate surface area is 121 Å². The first-order chi connectivity index (χ1) is 9.10. The summed E-state index contributed by atoms with van der Waals surface area (Å²) < 4.78 is 5.68. The molecule has 5 heteroatoms. The van der Waals surface area contributed by atoms with Crippen molar-refractivity contribution in [3.8, 4) is 5.75 Å². The number of thiophene rings is 1. The van der Waals surface area contributed by atoms with E-state index in [0.29, 0.717) is 22.9 Å². The molecule has 19 heavy (non-hydrogen) atoms. The smallest absolute Gasteiger partial charge is 0.124 e. The first kappa shape index (κ1) is 13.9. The SMILES string of the molecule is CCc1ccc(COc2ccc(C(=N)N)c(Cl)c2)s1. The molecular formula is C14H15ClN2OS. The van der Waals surface area contributed by atoms with E-state index in [2.05, 4.69) is 19.1 Å². The Kier molecular flexibility index (Phi) is 4.45. The molecule has 0 aliphatic rings. The van der Waals surface area contributed by atoms with Crippen LogP contribution in [0.25, 0.3) is 0 Å². The van der Waals surface area contributed by atoms with E-state index in [1.54, 1.807) is 29.5 Å². The van der Waals surface area contributed by atoms with Crippen LogP contribution in [0.15, 0.2) is 30.3 Å². The number of benzene rings is 1. The molecule has 0 spiro atoms. The van der Waals surface area contributed by atoms with Gasteiger partial charge in [-0.2, -0.15) is 0 Å². The number of nitrogens with two attached hydrogens (primary N) is 1. The highest BCUT2D eigenvalue weighted by Crippen LogP contribution is 2.24. The molecule has 100 valence electrons. The van der Waals surface area contributed by atoms with Crippen LogP contribution < -0.4 is 10.5 Å². The Balaban J connectivity index is 2.03. The lowest BCUT2D eigenvalue weighted by molar-refractivity contribution is 0.310. The van der Waals surface area contributed by atoms with Gasteiger partial charge in [-0.15, -0.1) is 11.3 Å². The second kappa shape index (κ2) is 6.08. The molecule has 0 saturated carbocycles. The molecule has 0 fully saturated rings. The van der Waals surface area contributed by atoms with Gasteiger partial charge < -0.3 is 10.5 Å². The summed E-state index contributed by atoms with van der Waals surface area (Å²) in [5.74, 6) is 0.642. The van der Waals surface area contributed by atoms with Gasteiger partial charge in [0.1, 0.15) is 18.2 Å². The maximum atomic E-state index is 7.36. The van der Waals surface area contributed by atoms with E-state index < -0.39 is 0 Å². The van der Waals surface area contributed by atoms with Crippen LogP contribution in [0.4, 0.5) is 0 Å². The van der Waals surface area contributed by atoms with Gasteiger partial charge in [0.2, 0.25) is 0 Å². The molecule has 0 unspecified atom stereocenters. The van der Waals surface area contributed by atoms with E-state index in [0.717, 1.165) is 6.42 Å². The largest absolute Gasteiger partial charge is 0.488 e. The van der Waals surface area contributed by atoms with Crippen LogP contribution in [0.5, 0.6) is 5.75 Å². The lowest BCUT2D eigenvalue weighted by atomic mass is 10.2. The zero-order chi connectivity index (χ0) is 13.8. The van der Waals surface area contributed by atoms with Crippen LogP contribution in [0.3, 0.4) is 0 Å². The van der Waals surface area contributed by atoms with Crippen molar-refractivity contribution in [1.29, 1.82) is 5.41 Å². The molecule has 0 aliphatic carbocycles. The lowest BCUT2D eigenvalue weighted by Crippen LogP contribution is -2.11. The van der Waals surface area contributed by atoms with Crippen molar-refractivity contribution >= 4 is 28.8 Å². The normalized spacial score (nSPS) is 10.4. The highest BCUT2D eigenvalue weighted by molar-refractivity contribution is 7.11. The van der Waals surface area contributed by atoms with Crippen LogP contribution in [0, 0.1) is 5.41 Å². The van der Waals surface area contributed by atoms with Gasteiger partial charge >= 0.3 is 0 Å². The zero-order valence-corrected chi connectivity index (χ0v) is 12.1. The molecule has 3 nitrogen and oxygen atoms in total. The second-order valence-corrected chi connectivity index (χ2v) is 5.73. The zero-order valence-electron chi connectivity index (χ0n) is 10.6. The van der Waals surface area contributed by atoms with Crippen LogP contribution in [0.2, 0.25) is 5.02 Å². The predicted octanol–water partition coefficient (Wildman–Crippen LogP) is 3.83. The molecule has 0 amide bonds. The maximum Gasteiger partial charge on any atom is 0.124 e. The maximum absolute atomic E-state index is 7.36. The highest BCUT2D eigenvalue weighted by atomic mass is 35.5. The van der Waals surface area contributed by atoms with Crippen molar-refractivity contribution in [3.63, 3.8) is 0 Å². The number of rotatable bonds is 5. The van der Waals surface area contributed by atoms with Gasteiger partial charge in [-0.05, 0) is 36.8 Å². The Bertz CT molecular complexity index is 595. The number of hydrogen-bond acceptors (Lipinski definition) is 3. The summed E-state index contributed by atoms with van der Waals surface area (Å²) >= 11 is 7.79. The fourth-order valence-corrected chi connectivity index (χ4v) is 2.79. The first-order valence-corrected chi connectivity index (χ1v) is 7.14. The van der Waals surface area contributed by atoms with Gasteiger partial charge in [-0.1, -0.05) is 18.5 Å². The summed E-state index contributed by atoms with van der Waals surface area (Å²) in [4.78, 5) is 2.53. The Hall–Kier alpha value is -1.52. The molecule has 1 aromatic carbocycles. The van der Waals surface area contributed by atoms with Gasteiger partial charge in [-0.3, -0.25) is 5.41 Å². The molecule has 3 N–H and O–H groups in total.